The average Bonchev–Trinajstić information content (AvgIpc) is 3.58. The van der Waals surface area contributed by atoms with Gasteiger partial charge in [-0.25, -0.2) is 4.79 Å². The highest BCUT2D eigenvalue weighted by molar-refractivity contribution is 7.80. The molecule has 0 aliphatic heterocycles. The van der Waals surface area contributed by atoms with Crippen molar-refractivity contribution < 1.29 is 19.0 Å². The molecule has 1 fully saturated rings. The maximum atomic E-state index is 12.1. The van der Waals surface area contributed by atoms with Crippen molar-refractivity contribution in [1.82, 2.24) is 10.3 Å². The van der Waals surface area contributed by atoms with Crippen molar-refractivity contribution in [2.24, 2.45) is 0 Å². The van der Waals surface area contributed by atoms with Crippen molar-refractivity contribution in [3.63, 3.8) is 0 Å². The van der Waals surface area contributed by atoms with Crippen LogP contribution in [0.2, 0.25) is 5.02 Å². The molecule has 0 saturated heterocycles. The van der Waals surface area contributed by atoms with E-state index in [4.69, 9.17) is 38.0 Å². The number of ether oxygens (including phenoxy) is 3. The third-order valence-electron chi connectivity index (χ3n) is 4.76. The van der Waals surface area contributed by atoms with Crippen LogP contribution in [0.25, 0.3) is 10.9 Å². The van der Waals surface area contributed by atoms with Gasteiger partial charge in [-0.3, -0.25) is 4.98 Å². The zero-order valence-corrected chi connectivity index (χ0v) is 18.5. The van der Waals surface area contributed by atoms with E-state index in [1.165, 1.54) is 14.2 Å². The van der Waals surface area contributed by atoms with Gasteiger partial charge in [-0.15, -0.1) is 0 Å². The first-order chi connectivity index (χ1) is 15.0. The molecule has 9 heteroatoms. The largest absolute Gasteiger partial charge is 0.496 e. The number of halogens is 1. The van der Waals surface area contributed by atoms with Crippen molar-refractivity contribution in [2.75, 3.05) is 19.5 Å². The molecule has 0 atom stereocenters. The lowest BCUT2D eigenvalue weighted by atomic mass is 10.1. The van der Waals surface area contributed by atoms with E-state index in [0.29, 0.717) is 50.0 Å². The number of nitrogens with zero attached hydrogens (tertiary/aromatic N) is 1. The van der Waals surface area contributed by atoms with Gasteiger partial charge in [-0.05, 0) is 49.3 Å². The summed E-state index contributed by atoms with van der Waals surface area (Å²) in [6.45, 7) is 0. The number of rotatable bonds is 6. The summed E-state index contributed by atoms with van der Waals surface area (Å²) in [5.74, 6) is 0.904. The summed E-state index contributed by atoms with van der Waals surface area (Å²) in [6.07, 6.45) is 3.88. The van der Waals surface area contributed by atoms with Crippen LogP contribution in [0.4, 0.5) is 5.69 Å². The Bertz CT molecular complexity index is 1170. The fraction of sp³-hybridized carbons (Fsp3) is 0.227. The molecule has 0 spiro atoms. The van der Waals surface area contributed by atoms with E-state index >= 15 is 0 Å². The highest BCUT2D eigenvalue weighted by Gasteiger charge is 2.22. The minimum Gasteiger partial charge on any atom is -0.496 e. The second-order valence-corrected chi connectivity index (χ2v) is 7.80. The smallest absolute Gasteiger partial charge is 0.341 e. The zero-order valence-electron chi connectivity index (χ0n) is 16.9. The molecule has 2 aromatic carbocycles. The number of benzene rings is 2. The van der Waals surface area contributed by atoms with Crippen LogP contribution in [0.1, 0.15) is 23.2 Å². The van der Waals surface area contributed by atoms with Crippen LogP contribution in [0, 0.1) is 0 Å². The molecule has 1 aliphatic rings. The summed E-state index contributed by atoms with van der Waals surface area (Å²) in [6, 6.07) is 10.8. The van der Waals surface area contributed by atoms with Crippen LogP contribution in [0.15, 0.2) is 42.6 Å². The molecule has 4 rings (SSSR count). The molecule has 1 heterocycles. The van der Waals surface area contributed by atoms with E-state index in [9.17, 15) is 4.79 Å². The zero-order chi connectivity index (χ0) is 22.0. The maximum Gasteiger partial charge on any atom is 0.341 e. The number of carbonyl (C=O) groups is 1. The number of anilines is 1. The summed E-state index contributed by atoms with van der Waals surface area (Å²) in [5.41, 5.74) is 1.58. The summed E-state index contributed by atoms with van der Waals surface area (Å²) in [4.78, 5) is 16.5. The lowest BCUT2D eigenvalue weighted by Gasteiger charge is -2.14. The molecular weight excluding hydrogens is 438 g/mol. The van der Waals surface area contributed by atoms with E-state index in [1.54, 1.807) is 42.6 Å². The molecule has 1 aliphatic carbocycles. The minimum atomic E-state index is -0.511. The molecule has 3 aromatic rings. The molecule has 1 aromatic heterocycles. The summed E-state index contributed by atoms with van der Waals surface area (Å²) in [5, 5.41) is 7.95. The quantitative estimate of drug-likeness (QED) is 0.398. The number of nitrogens with one attached hydrogen (secondary N) is 2. The van der Waals surface area contributed by atoms with Crippen LogP contribution in [0.3, 0.4) is 0 Å². The third kappa shape index (κ3) is 4.81. The highest BCUT2D eigenvalue weighted by atomic mass is 35.5. The van der Waals surface area contributed by atoms with Crippen LogP contribution in [0.5, 0.6) is 17.2 Å². The molecule has 2 N–H and O–H groups in total. The first kappa shape index (κ1) is 21.1. The summed E-state index contributed by atoms with van der Waals surface area (Å²) in [7, 11) is 2.80. The Balaban J connectivity index is 1.61. The van der Waals surface area contributed by atoms with E-state index in [-0.39, 0.29) is 5.56 Å². The Morgan fingerprint density at radius 2 is 1.97 bits per heavy atom. The number of methoxy groups -OCH3 is 2. The second-order valence-electron chi connectivity index (χ2n) is 6.99. The Labute approximate surface area is 189 Å². The normalized spacial score (nSPS) is 12.9. The highest BCUT2D eigenvalue weighted by Crippen LogP contribution is 2.35. The molecule has 0 bridgehead atoms. The van der Waals surface area contributed by atoms with Gasteiger partial charge in [0, 0.05) is 29.8 Å². The average molecular weight is 458 g/mol. The third-order valence-corrected chi connectivity index (χ3v) is 5.29. The van der Waals surface area contributed by atoms with Crippen molar-refractivity contribution in [1.29, 1.82) is 0 Å². The topological polar surface area (TPSA) is 81.7 Å². The second kappa shape index (κ2) is 8.95. The number of hydrogen-bond acceptors (Lipinski definition) is 6. The number of fused-ring (bicyclic) bond motifs is 1. The van der Waals surface area contributed by atoms with Gasteiger partial charge in [-0.1, -0.05) is 11.6 Å². The van der Waals surface area contributed by atoms with Gasteiger partial charge < -0.3 is 24.8 Å². The molecule has 0 amide bonds. The predicted molar refractivity (Wildman–Crippen MR) is 124 cm³/mol. The molecule has 0 unspecified atom stereocenters. The lowest BCUT2D eigenvalue weighted by molar-refractivity contribution is 0.0597. The van der Waals surface area contributed by atoms with Crippen LogP contribution in [-0.4, -0.2) is 36.3 Å². The first-order valence-corrected chi connectivity index (χ1v) is 10.4. The lowest BCUT2D eigenvalue weighted by Crippen LogP contribution is -2.30. The number of aromatic nitrogens is 1. The Morgan fingerprint density at radius 1 is 1.16 bits per heavy atom. The molecule has 1 saturated carbocycles. The number of pyridine rings is 1. The van der Waals surface area contributed by atoms with E-state index in [0.717, 1.165) is 12.8 Å². The fourth-order valence-electron chi connectivity index (χ4n) is 3.03. The van der Waals surface area contributed by atoms with Gasteiger partial charge in [0.05, 0.1) is 30.4 Å². The number of carbonyl (C=O) groups excluding carboxylic acids is 1. The molecule has 0 radical (unpaired) electrons. The van der Waals surface area contributed by atoms with E-state index < -0.39 is 5.97 Å². The van der Waals surface area contributed by atoms with Crippen molar-refractivity contribution in [2.45, 2.75) is 18.9 Å². The predicted octanol–water partition coefficient (Wildman–Crippen LogP) is 4.92. The first-order valence-electron chi connectivity index (χ1n) is 9.58. The van der Waals surface area contributed by atoms with Crippen molar-refractivity contribution >= 4 is 51.5 Å². The Hall–Kier alpha value is -3.10. The molecule has 7 nitrogen and oxygen atoms in total. The SMILES string of the molecule is COC(=O)c1cc2c(Oc3ccc(NC(=S)NC4CC4)c(Cl)c3)ccnc2cc1OC. The van der Waals surface area contributed by atoms with Crippen molar-refractivity contribution in [3.05, 3.63) is 53.2 Å². The van der Waals surface area contributed by atoms with Gasteiger partial charge in [-0.2, -0.15) is 0 Å². The molecular formula is C22H20ClN3O4S. The maximum absolute atomic E-state index is 12.1. The number of hydrogen-bond donors (Lipinski definition) is 2. The summed E-state index contributed by atoms with van der Waals surface area (Å²) < 4.78 is 16.2. The van der Waals surface area contributed by atoms with Crippen LogP contribution in [-0.2, 0) is 4.74 Å². The Morgan fingerprint density at radius 3 is 2.65 bits per heavy atom. The monoisotopic (exact) mass is 457 g/mol. The van der Waals surface area contributed by atoms with Gasteiger partial charge in [0.2, 0.25) is 0 Å². The van der Waals surface area contributed by atoms with Gasteiger partial charge in [0.1, 0.15) is 22.8 Å². The fourth-order valence-corrected chi connectivity index (χ4v) is 3.53. The van der Waals surface area contributed by atoms with Gasteiger partial charge >= 0.3 is 5.97 Å². The standard InChI is InChI=1S/C22H20ClN3O4S/c1-28-20-11-18-14(10-15(20)21(27)29-2)19(7-8-24-18)30-13-5-6-17(16(23)9-13)26-22(31)25-12-3-4-12/h5-12H,3-4H2,1-2H3,(H2,25,26,31). The summed E-state index contributed by atoms with van der Waals surface area (Å²) >= 11 is 11.7. The van der Waals surface area contributed by atoms with Gasteiger partial charge in [0.25, 0.3) is 0 Å². The van der Waals surface area contributed by atoms with E-state index in [1.807, 2.05) is 0 Å². The molecule has 160 valence electrons. The number of thiocarbonyl (C=S) groups is 1. The number of esters is 1. The van der Waals surface area contributed by atoms with Crippen LogP contribution >= 0.6 is 23.8 Å². The van der Waals surface area contributed by atoms with Crippen LogP contribution < -0.4 is 20.1 Å². The Kier molecular flexibility index (Phi) is 6.11. The molecule has 31 heavy (non-hydrogen) atoms. The van der Waals surface area contributed by atoms with Gasteiger partial charge in [0.15, 0.2) is 5.11 Å². The minimum absolute atomic E-state index is 0.282. The van der Waals surface area contributed by atoms with Crippen molar-refractivity contribution in [3.8, 4) is 17.2 Å². The van der Waals surface area contributed by atoms with E-state index in [2.05, 4.69) is 15.6 Å².